The summed E-state index contributed by atoms with van der Waals surface area (Å²) < 4.78 is 24.7. The van der Waals surface area contributed by atoms with Gasteiger partial charge in [0.15, 0.2) is 0 Å². The van der Waals surface area contributed by atoms with Gasteiger partial charge >= 0.3 is 0 Å². The van der Waals surface area contributed by atoms with Crippen molar-refractivity contribution in [1.29, 1.82) is 0 Å². The van der Waals surface area contributed by atoms with E-state index in [-0.39, 0.29) is 12.4 Å². The fourth-order valence-electron chi connectivity index (χ4n) is 2.49. The van der Waals surface area contributed by atoms with E-state index in [1.54, 1.807) is 19.2 Å². The quantitative estimate of drug-likeness (QED) is 0.670. The fraction of sp³-hybridized carbons (Fsp3) is 0.368. The van der Waals surface area contributed by atoms with Gasteiger partial charge in [-0.2, -0.15) is 0 Å². The van der Waals surface area contributed by atoms with Crippen molar-refractivity contribution in [3.8, 4) is 5.75 Å². The van der Waals surface area contributed by atoms with Gasteiger partial charge in [-0.05, 0) is 35.7 Å². The van der Waals surface area contributed by atoms with Crippen LogP contribution in [0.3, 0.4) is 0 Å². The van der Waals surface area contributed by atoms with Crippen LogP contribution in [0.4, 0.5) is 4.39 Å². The molecule has 0 aromatic heterocycles. The average molecular weight is 337 g/mol. The second-order valence-corrected chi connectivity index (χ2v) is 6.27. The predicted octanol–water partition coefficient (Wildman–Crippen LogP) is 5.44. The summed E-state index contributed by atoms with van der Waals surface area (Å²) >= 11 is 6.00. The Bertz CT molecular complexity index is 606. The van der Waals surface area contributed by atoms with E-state index in [1.165, 1.54) is 11.6 Å². The number of ether oxygens (including phenoxy) is 2. The van der Waals surface area contributed by atoms with Crippen molar-refractivity contribution >= 4 is 11.6 Å². The standard InChI is InChI=1S/C19H22ClFO2/c1-13(2)16(11-22-3)14-7-9-15(10-8-14)23-12-17-18(20)5-4-6-19(17)21/h4-10,13,16H,11-12H2,1-3H3/t16-/m1/s1. The minimum Gasteiger partial charge on any atom is -0.489 e. The molecule has 124 valence electrons. The van der Waals surface area contributed by atoms with Crippen LogP contribution in [0.5, 0.6) is 5.75 Å². The lowest BCUT2D eigenvalue weighted by atomic mass is 9.89. The maximum Gasteiger partial charge on any atom is 0.131 e. The van der Waals surface area contributed by atoms with E-state index < -0.39 is 0 Å². The Morgan fingerprint density at radius 3 is 2.35 bits per heavy atom. The molecule has 0 heterocycles. The summed E-state index contributed by atoms with van der Waals surface area (Å²) in [5.74, 6) is 1.16. The normalized spacial score (nSPS) is 12.4. The molecule has 0 spiro atoms. The Hall–Kier alpha value is -1.58. The predicted molar refractivity (Wildman–Crippen MR) is 91.6 cm³/mol. The number of hydrogen-bond donors (Lipinski definition) is 0. The Balaban J connectivity index is 2.05. The summed E-state index contributed by atoms with van der Waals surface area (Å²) in [5.41, 5.74) is 1.58. The van der Waals surface area contributed by atoms with Gasteiger partial charge < -0.3 is 9.47 Å². The van der Waals surface area contributed by atoms with Crippen LogP contribution in [-0.4, -0.2) is 13.7 Å². The molecule has 4 heteroatoms. The Morgan fingerprint density at radius 2 is 1.78 bits per heavy atom. The van der Waals surface area contributed by atoms with Crippen molar-refractivity contribution in [2.75, 3.05) is 13.7 Å². The molecular formula is C19H22ClFO2. The van der Waals surface area contributed by atoms with Crippen LogP contribution >= 0.6 is 11.6 Å². The molecule has 0 radical (unpaired) electrons. The van der Waals surface area contributed by atoms with Crippen molar-refractivity contribution in [2.24, 2.45) is 5.92 Å². The van der Waals surface area contributed by atoms with Crippen molar-refractivity contribution < 1.29 is 13.9 Å². The Morgan fingerprint density at radius 1 is 1.09 bits per heavy atom. The van der Waals surface area contributed by atoms with E-state index in [2.05, 4.69) is 13.8 Å². The van der Waals surface area contributed by atoms with E-state index in [1.807, 2.05) is 24.3 Å². The monoisotopic (exact) mass is 336 g/mol. The van der Waals surface area contributed by atoms with Gasteiger partial charge in [-0.25, -0.2) is 4.39 Å². The van der Waals surface area contributed by atoms with E-state index >= 15 is 0 Å². The van der Waals surface area contributed by atoms with Crippen molar-refractivity contribution in [2.45, 2.75) is 26.4 Å². The van der Waals surface area contributed by atoms with Crippen LogP contribution in [0.25, 0.3) is 0 Å². The largest absolute Gasteiger partial charge is 0.489 e. The molecule has 0 aliphatic carbocycles. The summed E-state index contributed by atoms with van der Waals surface area (Å²) in [7, 11) is 1.71. The van der Waals surface area contributed by atoms with E-state index in [9.17, 15) is 4.39 Å². The van der Waals surface area contributed by atoms with Crippen LogP contribution in [0, 0.1) is 11.7 Å². The zero-order valence-electron chi connectivity index (χ0n) is 13.7. The molecule has 2 nitrogen and oxygen atoms in total. The summed E-state index contributed by atoms with van der Waals surface area (Å²) in [5, 5.41) is 0.376. The highest BCUT2D eigenvalue weighted by atomic mass is 35.5. The van der Waals surface area contributed by atoms with Gasteiger partial charge in [0.05, 0.1) is 11.6 Å². The molecule has 0 fully saturated rings. The lowest BCUT2D eigenvalue weighted by Gasteiger charge is -2.20. The van der Waals surface area contributed by atoms with E-state index in [4.69, 9.17) is 21.1 Å². The lowest BCUT2D eigenvalue weighted by molar-refractivity contribution is 0.162. The summed E-state index contributed by atoms with van der Waals surface area (Å²) in [6.45, 7) is 5.14. The molecule has 0 saturated carbocycles. The zero-order chi connectivity index (χ0) is 16.8. The van der Waals surface area contributed by atoms with Gasteiger partial charge in [0.2, 0.25) is 0 Å². The Labute approximate surface area is 142 Å². The van der Waals surface area contributed by atoms with Gasteiger partial charge in [-0.15, -0.1) is 0 Å². The number of benzene rings is 2. The first-order chi connectivity index (χ1) is 11.0. The molecule has 0 bridgehead atoms. The van der Waals surface area contributed by atoms with E-state index in [0.29, 0.717) is 34.8 Å². The highest BCUT2D eigenvalue weighted by Crippen LogP contribution is 2.27. The number of hydrogen-bond acceptors (Lipinski definition) is 2. The van der Waals surface area contributed by atoms with Crippen LogP contribution in [0.2, 0.25) is 5.02 Å². The van der Waals surface area contributed by atoms with Gasteiger partial charge in [0, 0.05) is 18.6 Å². The second-order valence-electron chi connectivity index (χ2n) is 5.86. The second kappa shape index (κ2) is 8.32. The zero-order valence-corrected chi connectivity index (χ0v) is 14.4. The molecular weight excluding hydrogens is 315 g/mol. The van der Waals surface area contributed by atoms with Crippen LogP contribution in [0.15, 0.2) is 42.5 Å². The summed E-state index contributed by atoms with van der Waals surface area (Å²) in [6.07, 6.45) is 0. The molecule has 2 rings (SSSR count). The summed E-state index contributed by atoms with van der Waals surface area (Å²) in [4.78, 5) is 0. The molecule has 2 aromatic rings. The van der Waals surface area contributed by atoms with Gasteiger partial charge in [0.25, 0.3) is 0 Å². The SMILES string of the molecule is COC[C@@H](c1ccc(OCc2c(F)cccc2Cl)cc1)C(C)C. The highest BCUT2D eigenvalue weighted by molar-refractivity contribution is 6.31. The maximum atomic E-state index is 13.7. The molecule has 23 heavy (non-hydrogen) atoms. The topological polar surface area (TPSA) is 18.5 Å². The van der Waals surface area contributed by atoms with Gasteiger partial charge in [-0.3, -0.25) is 0 Å². The van der Waals surface area contributed by atoms with Crippen molar-refractivity contribution in [3.63, 3.8) is 0 Å². The molecule has 2 aromatic carbocycles. The number of halogens is 2. The van der Waals surface area contributed by atoms with Crippen molar-refractivity contribution in [1.82, 2.24) is 0 Å². The molecule has 0 aliphatic rings. The molecule has 0 N–H and O–H groups in total. The summed E-state index contributed by atoms with van der Waals surface area (Å²) in [6, 6.07) is 12.5. The molecule has 0 unspecified atom stereocenters. The smallest absolute Gasteiger partial charge is 0.131 e. The first kappa shape index (κ1) is 17.8. The van der Waals surface area contributed by atoms with Gasteiger partial charge in [0.1, 0.15) is 18.2 Å². The van der Waals surface area contributed by atoms with Gasteiger partial charge in [-0.1, -0.05) is 43.6 Å². The first-order valence-corrected chi connectivity index (χ1v) is 8.05. The highest BCUT2D eigenvalue weighted by Gasteiger charge is 2.15. The fourth-order valence-corrected chi connectivity index (χ4v) is 2.71. The Kier molecular flexibility index (Phi) is 6.43. The van der Waals surface area contributed by atoms with Crippen LogP contribution < -0.4 is 4.74 Å². The third kappa shape index (κ3) is 4.69. The van der Waals surface area contributed by atoms with Crippen LogP contribution in [-0.2, 0) is 11.3 Å². The number of methoxy groups -OCH3 is 1. The maximum absolute atomic E-state index is 13.7. The lowest BCUT2D eigenvalue weighted by Crippen LogP contribution is -2.12. The van der Waals surface area contributed by atoms with Crippen LogP contribution in [0.1, 0.15) is 30.9 Å². The third-order valence-electron chi connectivity index (χ3n) is 3.90. The number of rotatable bonds is 7. The van der Waals surface area contributed by atoms with E-state index in [0.717, 1.165) is 0 Å². The average Bonchev–Trinajstić information content (AvgIpc) is 2.52. The molecule has 0 amide bonds. The molecule has 0 saturated heterocycles. The minimum atomic E-state index is -0.353. The third-order valence-corrected chi connectivity index (χ3v) is 4.26. The molecule has 1 atom stereocenters. The first-order valence-electron chi connectivity index (χ1n) is 7.67. The minimum absolute atomic E-state index is 0.108. The molecule has 0 aliphatic heterocycles. The van der Waals surface area contributed by atoms with Crippen molar-refractivity contribution in [3.05, 3.63) is 64.4 Å².